The van der Waals surface area contributed by atoms with Gasteiger partial charge in [0.15, 0.2) is 0 Å². The number of nitrogens with zero attached hydrogens (tertiary/aromatic N) is 2. The fraction of sp³-hybridized carbons (Fsp3) is 0.655. The van der Waals surface area contributed by atoms with E-state index in [9.17, 15) is 19.2 Å². The fourth-order valence-electron chi connectivity index (χ4n) is 5.88. The van der Waals surface area contributed by atoms with Crippen LogP contribution in [0.4, 0.5) is 10.5 Å². The maximum atomic E-state index is 13.4. The van der Waals surface area contributed by atoms with E-state index in [0.717, 1.165) is 62.7 Å². The maximum absolute atomic E-state index is 13.4. The quantitative estimate of drug-likeness (QED) is 0.387. The van der Waals surface area contributed by atoms with Gasteiger partial charge in [0, 0.05) is 48.4 Å². The van der Waals surface area contributed by atoms with Crippen LogP contribution in [0.15, 0.2) is 18.2 Å². The van der Waals surface area contributed by atoms with Gasteiger partial charge in [-0.25, -0.2) is 4.79 Å². The van der Waals surface area contributed by atoms with E-state index in [1.165, 1.54) is 0 Å². The summed E-state index contributed by atoms with van der Waals surface area (Å²) in [6.07, 6.45) is 7.13. The molecule has 2 N–H and O–H groups in total. The topological polar surface area (TPSA) is 108 Å². The lowest BCUT2D eigenvalue weighted by molar-refractivity contribution is -0.136. The van der Waals surface area contributed by atoms with Crippen LogP contribution in [0.25, 0.3) is 0 Å². The molecule has 0 spiro atoms. The highest BCUT2D eigenvalue weighted by Crippen LogP contribution is 2.37. The SMILES string of the molecule is CCCCCN(c1cccc2c1CN(C1CCC(=O)NC1=O)C2=O)C1CCC(NC(=O)OC(C)(C)C)CC1. The van der Waals surface area contributed by atoms with Crippen LogP contribution < -0.4 is 15.5 Å². The minimum absolute atomic E-state index is 0.0877. The Balaban J connectivity index is 1.49. The van der Waals surface area contributed by atoms with E-state index in [1.54, 1.807) is 4.90 Å². The Hall–Kier alpha value is -3.10. The van der Waals surface area contributed by atoms with Crippen molar-refractivity contribution >= 4 is 29.5 Å². The second-order valence-electron chi connectivity index (χ2n) is 11.8. The number of rotatable bonds is 8. The highest BCUT2D eigenvalue weighted by molar-refractivity contribution is 6.06. The van der Waals surface area contributed by atoms with E-state index < -0.39 is 11.6 Å². The van der Waals surface area contributed by atoms with Crippen molar-refractivity contribution in [2.75, 3.05) is 11.4 Å². The van der Waals surface area contributed by atoms with Gasteiger partial charge in [0.1, 0.15) is 11.6 Å². The van der Waals surface area contributed by atoms with Crippen LogP contribution in [0.3, 0.4) is 0 Å². The standard InChI is InChI=1S/C29H42N4O5/c1-5-6-7-17-32(20-13-11-19(12-14-20)30-28(37)38-29(2,3)4)23-10-8-9-21-22(23)18-33(27(21)36)24-15-16-25(34)31-26(24)35/h8-10,19-20,24H,5-7,11-18H2,1-4H3,(H,30,37)(H,31,34,35). The molecule has 2 fully saturated rings. The number of ether oxygens (including phenoxy) is 1. The number of hydrogen-bond acceptors (Lipinski definition) is 6. The summed E-state index contributed by atoms with van der Waals surface area (Å²) < 4.78 is 5.44. The van der Waals surface area contributed by atoms with Gasteiger partial charge in [-0.2, -0.15) is 0 Å². The highest BCUT2D eigenvalue weighted by Gasteiger charge is 2.41. The van der Waals surface area contributed by atoms with Crippen molar-refractivity contribution < 1.29 is 23.9 Å². The molecule has 208 valence electrons. The van der Waals surface area contributed by atoms with Crippen molar-refractivity contribution in [2.24, 2.45) is 0 Å². The van der Waals surface area contributed by atoms with Crippen molar-refractivity contribution in [2.45, 2.75) is 116 Å². The van der Waals surface area contributed by atoms with Gasteiger partial charge in [0.2, 0.25) is 11.8 Å². The van der Waals surface area contributed by atoms with Crippen LogP contribution in [0, 0.1) is 0 Å². The summed E-state index contributed by atoms with van der Waals surface area (Å²) in [7, 11) is 0. The number of piperidine rings is 1. The number of unbranched alkanes of at least 4 members (excludes halogenated alkanes) is 2. The number of nitrogens with one attached hydrogen (secondary N) is 2. The monoisotopic (exact) mass is 526 g/mol. The lowest BCUT2D eigenvalue weighted by atomic mass is 9.89. The smallest absolute Gasteiger partial charge is 0.407 e. The van der Waals surface area contributed by atoms with Crippen molar-refractivity contribution in [3.8, 4) is 0 Å². The number of carbonyl (C=O) groups excluding carboxylic acids is 4. The van der Waals surface area contributed by atoms with Gasteiger partial charge in [-0.05, 0) is 71.4 Å². The number of amides is 4. The minimum Gasteiger partial charge on any atom is -0.444 e. The third-order valence-corrected chi connectivity index (χ3v) is 7.73. The first-order valence-corrected chi connectivity index (χ1v) is 14.1. The van der Waals surface area contributed by atoms with E-state index in [-0.39, 0.29) is 36.3 Å². The summed E-state index contributed by atoms with van der Waals surface area (Å²) in [6, 6.07) is 5.64. The summed E-state index contributed by atoms with van der Waals surface area (Å²) in [5.41, 5.74) is 2.15. The molecule has 0 aromatic heterocycles. The summed E-state index contributed by atoms with van der Waals surface area (Å²) in [6.45, 7) is 9.04. The largest absolute Gasteiger partial charge is 0.444 e. The number of hydrogen-bond donors (Lipinski definition) is 2. The van der Waals surface area contributed by atoms with Crippen LogP contribution in [0.2, 0.25) is 0 Å². The van der Waals surface area contributed by atoms with Crippen LogP contribution in [0.5, 0.6) is 0 Å². The summed E-state index contributed by atoms with van der Waals surface area (Å²) in [5, 5.41) is 5.42. The molecule has 1 unspecified atom stereocenters. The lowest BCUT2D eigenvalue weighted by Crippen LogP contribution is -2.52. The normalized spacial score (nSPS) is 23.6. The molecule has 1 saturated heterocycles. The predicted molar refractivity (Wildman–Crippen MR) is 145 cm³/mol. The van der Waals surface area contributed by atoms with Gasteiger partial charge in [0.25, 0.3) is 5.91 Å². The molecule has 38 heavy (non-hydrogen) atoms. The molecule has 1 aromatic carbocycles. The van der Waals surface area contributed by atoms with E-state index in [1.807, 2.05) is 32.9 Å². The van der Waals surface area contributed by atoms with Crippen LogP contribution in [-0.4, -0.2) is 59.0 Å². The second kappa shape index (κ2) is 11.7. The van der Waals surface area contributed by atoms with Gasteiger partial charge < -0.3 is 19.9 Å². The molecule has 2 heterocycles. The molecule has 1 aliphatic carbocycles. The third kappa shape index (κ3) is 6.48. The van der Waals surface area contributed by atoms with Gasteiger partial charge in [-0.15, -0.1) is 0 Å². The van der Waals surface area contributed by atoms with Crippen molar-refractivity contribution in [3.05, 3.63) is 29.3 Å². The summed E-state index contributed by atoms with van der Waals surface area (Å²) in [5.74, 6) is -0.815. The van der Waals surface area contributed by atoms with Crippen LogP contribution >= 0.6 is 0 Å². The van der Waals surface area contributed by atoms with E-state index in [2.05, 4.69) is 28.5 Å². The molecule has 4 rings (SSSR count). The van der Waals surface area contributed by atoms with Crippen molar-refractivity contribution in [3.63, 3.8) is 0 Å². The van der Waals surface area contributed by atoms with E-state index in [0.29, 0.717) is 24.6 Å². The summed E-state index contributed by atoms with van der Waals surface area (Å²) >= 11 is 0. The molecule has 9 heteroatoms. The van der Waals surface area contributed by atoms with E-state index >= 15 is 0 Å². The molecule has 0 bridgehead atoms. The molecule has 3 aliphatic rings. The molecule has 1 saturated carbocycles. The van der Waals surface area contributed by atoms with Crippen molar-refractivity contribution in [1.82, 2.24) is 15.5 Å². The molecule has 1 aromatic rings. The van der Waals surface area contributed by atoms with Crippen LogP contribution in [-0.2, 0) is 20.9 Å². The Kier molecular flexibility index (Phi) is 8.63. The molecule has 9 nitrogen and oxygen atoms in total. The number of anilines is 1. The van der Waals surface area contributed by atoms with Gasteiger partial charge in [-0.3, -0.25) is 19.7 Å². The first-order chi connectivity index (χ1) is 18.1. The zero-order valence-corrected chi connectivity index (χ0v) is 23.2. The minimum atomic E-state index is -0.622. The maximum Gasteiger partial charge on any atom is 0.407 e. The zero-order valence-electron chi connectivity index (χ0n) is 23.2. The third-order valence-electron chi connectivity index (χ3n) is 7.73. The Morgan fingerprint density at radius 2 is 1.84 bits per heavy atom. The number of alkyl carbamates (subject to hydrolysis) is 1. The second-order valence-corrected chi connectivity index (χ2v) is 11.8. The Labute approximate surface area is 225 Å². The zero-order chi connectivity index (χ0) is 27.4. The van der Waals surface area contributed by atoms with Crippen molar-refractivity contribution in [1.29, 1.82) is 0 Å². The van der Waals surface area contributed by atoms with Gasteiger partial charge in [-0.1, -0.05) is 25.8 Å². The first kappa shape index (κ1) is 27.9. The lowest BCUT2D eigenvalue weighted by Gasteiger charge is -2.39. The molecule has 1 atom stereocenters. The number of fused-ring (bicyclic) bond motifs is 1. The predicted octanol–water partition coefficient (Wildman–Crippen LogP) is 4.28. The number of imide groups is 1. The number of carbonyl (C=O) groups is 4. The molecule has 0 radical (unpaired) electrons. The van der Waals surface area contributed by atoms with Gasteiger partial charge in [0.05, 0.1) is 0 Å². The average Bonchev–Trinajstić information content (AvgIpc) is 3.18. The Bertz CT molecular complexity index is 1060. The molecule has 4 amide bonds. The fourth-order valence-corrected chi connectivity index (χ4v) is 5.88. The number of benzene rings is 1. The molecular formula is C29H42N4O5. The molecular weight excluding hydrogens is 484 g/mol. The van der Waals surface area contributed by atoms with Crippen LogP contribution in [0.1, 0.15) is 101 Å². The van der Waals surface area contributed by atoms with Gasteiger partial charge >= 0.3 is 6.09 Å². The Morgan fingerprint density at radius 1 is 1.11 bits per heavy atom. The molecule has 2 aliphatic heterocycles. The Morgan fingerprint density at radius 3 is 2.50 bits per heavy atom. The first-order valence-electron chi connectivity index (χ1n) is 14.1. The van der Waals surface area contributed by atoms with E-state index in [4.69, 9.17) is 4.74 Å². The summed E-state index contributed by atoms with van der Waals surface area (Å²) in [4.78, 5) is 53.9. The average molecular weight is 527 g/mol. The highest BCUT2D eigenvalue weighted by atomic mass is 16.6.